The lowest BCUT2D eigenvalue weighted by molar-refractivity contribution is 0.0959. The number of hydrogen-bond acceptors (Lipinski definition) is 6. The summed E-state index contributed by atoms with van der Waals surface area (Å²) < 4.78 is 28.5. The van der Waals surface area contributed by atoms with Crippen molar-refractivity contribution in [3.63, 3.8) is 0 Å². The molecule has 1 saturated heterocycles. The number of carbonyl (C=O) groups is 1. The summed E-state index contributed by atoms with van der Waals surface area (Å²) in [6.07, 6.45) is 1.97. The van der Waals surface area contributed by atoms with Gasteiger partial charge in [-0.05, 0) is 49.6 Å². The highest BCUT2D eigenvalue weighted by Crippen LogP contribution is 2.30. The molecular formula is C27H30FN5O3. The van der Waals surface area contributed by atoms with Crippen molar-refractivity contribution < 1.29 is 18.7 Å². The van der Waals surface area contributed by atoms with E-state index in [1.807, 2.05) is 60.8 Å². The first-order valence-corrected chi connectivity index (χ1v) is 12.5. The van der Waals surface area contributed by atoms with E-state index in [4.69, 9.17) is 14.5 Å². The van der Waals surface area contributed by atoms with Crippen LogP contribution in [0.2, 0.25) is 0 Å². The van der Waals surface area contributed by atoms with Crippen molar-refractivity contribution in [1.29, 1.82) is 0 Å². The van der Waals surface area contributed by atoms with Gasteiger partial charge in [0.15, 0.2) is 11.5 Å². The van der Waals surface area contributed by atoms with Crippen LogP contribution >= 0.6 is 0 Å². The Hall–Kier alpha value is -3.75. The number of rotatable bonds is 6. The Morgan fingerprint density at radius 3 is 2.86 bits per heavy atom. The zero-order valence-corrected chi connectivity index (χ0v) is 20.6. The van der Waals surface area contributed by atoms with Gasteiger partial charge in [0.05, 0.1) is 6.61 Å². The van der Waals surface area contributed by atoms with Crippen molar-refractivity contribution in [1.82, 2.24) is 24.5 Å². The zero-order valence-electron chi connectivity index (χ0n) is 20.6. The second-order valence-electron chi connectivity index (χ2n) is 9.18. The molecule has 3 aromatic heterocycles. The molecule has 8 nitrogen and oxygen atoms in total. The van der Waals surface area contributed by atoms with Gasteiger partial charge >= 0.3 is 6.09 Å². The Morgan fingerprint density at radius 2 is 2.00 bits per heavy atom. The van der Waals surface area contributed by atoms with E-state index < -0.39 is 12.3 Å². The average Bonchev–Trinajstić information content (AvgIpc) is 3.21. The quantitative estimate of drug-likeness (QED) is 0.337. The second kappa shape index (κ2) is 10.5. The molecular weight excluding hydrogens is 461 g/mol. The molecule has 0 aliphatic carbocycles. The zero-order chi connectivity index (χ0) is 25.1. The topological polar surface area (TPSA) is 81.8 Å². The minimum absolute atomic E-state index is 0.197. The third-order valence-corrected chi connectivity index (χ3v) is 6.50. The van der Waals surface area contributed by atoms with Crippen LogP contribution < -0.4 is 4.74 Å². The normalized spacial score (nSPS) is 18.4. The van der Waals surface area contributed by atoms with Gasteiger partial charge in [-0.1, -0.05) is 31.5 Å². The molecule has 1 aromatic carbocycles. The van der Waals surface area contributed by atoms with Crippen molar-refractivity contribution in [2.45, 2.75) is 51.8 Å². The maximum atomic E-state index is 15.1. The van der Waals surface area contributed by atoms with Gasteiger partial charge in [-0.15, -0.1) is 10.2 Å². The van der Waals surface area contributed by atoms with Gasteiger partial charge in [0.25, 0.3) is 0 Å². The Labute approximate surface area is 209 Å². The molecule has 4 aromatic rings. The number of aromatic nitrogens is 4. The van der Waals surface area contributed by atoms with Crippen LogP contribution in [0.3, 0.4) is 0 Å². The summed E-state index contributed by atoms with van der Waals surface area (Å²) in [5.74, 6) is 1.13. The fourth-order valence-electron chi connectivity index (χ4n) is 4.42. The number of nitrogens with zero attached hydrogens (tertiary/aromatic N) is 5. The predicted octanol–water partition coefficient (Wildman–Crippen LogP) is 5.37. The van der Waals surface area contributed by atoms with Gasteiger partial charge in [-0.3, -0.25) is 4.40 Å². The highest BCUT2D eigenvalue weighted by Gasteiger charge is 2.30. The smallest absolute Gasteiger partial charge is 0.409 e. The number of alkyl halides is 1. The van der Waals surface area contributed by atoms with E-state index in [0.717, 1.165) is 29.4 Å². The lowest BCUT2D eigenvalue weighted by Crippen LogP contribution is -2.33. The molecule has 0 radical (unpaired) electrons. The molecule has 0 bridgehead atoms. The van der Waals surface area contributed by atoms with Gasteiger partial charge in [0.1, 0.15) is 29.2 Å². The molecule has 9 heteroatoms. The van der Waals surface area contributed by atoms with Crippen LogP contribution in [0.25, 0.3) is 28.1 Å². The molecule has 1 amide bonds. The summed E-state index contributed by atoms with van der Waals surface area (Å²) in [5.41, 5.74) is 3.12. The number of aryl methyl sites for hydroxylation is 1. The molecule has 2 atom stereocenters. The van der Waals surface area contributed by atoms with E-state index in [9.17, 15) is 4.79 Å². The Balaban J connectivity index is 1.37. The summed E-state index contributed by atoms with van der Waals surface area (Å²) in [6.45, 7) is 5.12. The summed E-state index contributed by atoms with van der Waals surface area (Å²) in [4.78, 5) is 18.8. The SMILES string of the molecule is CCCCOC(=O)N1CCC(F)C(Oc2cccc3ccc(-c4nnc5cc(C)ccn45)nc23)CC1. The monoisotopic (exact) mass is 491 g/mol. The largest absolute Gasteiger partial charge is 0.485 e. The summed E-state index contributed by atoms with van der Waals surface area (Å²) in [5, 5.41) is 9.48. The number of fused-ring (bicyclic) bond motifs is 2. The summed E-state index contributed by atoms with van der Waals surface area (Å²) in [6, 6.07) is 13.4. The van der Waals surface area contributed by atoms with Gasteiger partial charge in [0.2, 0.25) is 0 Å². The number of para-hydroxylation sites is 1. The lowest BCUT2D eigenvalue weighted by atomic mass is 10.1. The van der Waals surface area contributed by atoms with E-state index in [0.29, 0.717) is 48.9 Å². The molecule has 0 N–H and O–H groups in total. The first kappa shape index (κ1) is 24.0. The standard InChI is InChI=1S/C27H30FN5O3/c1-3-4-16-35-27(34)32-13-11-20(28)22(12-14-32)36-23-7-5-6-19-8-9-21(29-25(19)23)26-31-30-24-17-18(2)10-15-33(24)26/h5-10,15,17,20,22H,3-4,11-14,16H2,1-2H3. The second-order valence-corrected chi connectivity index (χ2v) is 9.18. The molecule has 188 valence electrons. The van der Waals surface area contributed by atoms with E-state index in [-0.39, 0.29) is 12.5 Å². The number of carbonyl (C=O) groups excluding carboxylic acids is 1. The number of unbranched alkanes of at least 4 members (excludes halogenated alkanes) is 1. The minimum atomic E-state index is -1.21. The number of hydrogen-bond donors (Lipinski definition) is 0. The van der Waals surface area contributed by atoms with E-state index in [1.54, 1.807) is 11.0 Å². The molecule has 0 spiro atoms. The number of likely N-dealkylation sites (tertiary alicyclic amines) is 1. The van der Waals surface area contributed by atoms with Crippen LogP contribution in [0.1, 0.15) is 38.2 Å². The Bertz CT molecular complexity index is 1370. The van der Waals surface area contributed by atoms with Crippen molar-refractivity contribution in [2.24, 2.45) is 0 Å². The fourth-order valence-corrected chi connectivity index (χ4v) is 4.42. The number of ether oxygens (including phenoxy) is 2. The molecule has 1 aliphatic rings. The number of amides is 1. The van der Waals surface area contributed by atoms with Crippen molar-refractivity contribution >= 4 is 22.6 Å². The van der Waals surface area contributed by atoms with E-state index >= 15 is 4.39 Å². The number of halogens is 1. The van der Waals surface area contributed by atoms with Crippen LogP contribution in [0.4, 0.5) is 9.18 Å². The van der Waals surface area contributed by atoms with Gasteiger partial charge < -0.3 is 14.4 Å². The van der Waals surface area contributed by atoms with Gasteiger partial charge in [-0.25, -0.2) is 14.2 Å². The van der Waals surface area contributed by atoms with Crippen molar-refractivity contribution in [3.8, 4) is 17.3 Å². The molecule has 1 aliphatic heterocycles. The summed E-state index contributed by atoms with van der Waals surface area (Å²) in [7, 11) is 0. The van der Waals surface area contributed by atoms with E-state index in [2.05, 4.69) is 10.2 Å². The third-order valence-electron chi connectivity index (χ3n) is 6.50. The predicted molar refractivity (Wildman–Crippen MR) is 135 cm³/mol. The molecule has 1 fully saturated rings. The minimum Gasteiger partial charge on any atom is -0.485 e. The Kier molecular flexibility index (Phi) is 6.97. The molecule has 4 heterocycles. The van der Waals surface area contributed by atoms with Gasteiger partial charge in [0, 0.05) is 31.1 Å². The maximum absolute atomic E-state index is 15.1. The average molecular weight is 492 g/mol. The molecule has 36 heavy (non-hydrogen) atoms. The lowest BCUT2D eigenvalue weighted by Gasteiger charge is -2.21. The highest BCUT2D eigenvalue weighted by molar-refractivity contribution is 5.86. The molecule has 0 saturated carbocycles. The van der Waals surface area contributed by atoms with Gasteiger partial charge in [-0.2, -0.15) is 0 Å². The molecule has 5 rings (SSSR count). The van der Waals surface area contributed by atoms with Crippen LogP contribution in [0, 0.1) is 6.92 Å². The van der Waals surface area contributed by atoms with Crippen LogP contribution in [-0.4, -0.2) is 62.5 Å². The fraction of sp³-hybridized carbons (Fsp3) is 0.407. The first-order valence-electron chi connectivity index (χ1n) is 12.5. The summed E-state index contributed by atoms with van der Waals surface area (Å²) >= 11 is 0. The Morgan fingerprint density at radius 1 is 1.14 bits per heavy atom. The van der Waals surface area contributed by atoms with Crippen LogP contribution in [-0.2, 0) is 4.74 Å². The van der Waals surface area contributed by atoms with Crippen LogP contribution in [0.5, 0.6) is 5.75 Å². The van der Waals surface area contributed by atoms with Crippen molar-refractivity contribution in [2.75, 3.05) is 19.7 Å². The third kappa shape index (κ3) is 4.96. The number of pyridine rings is 2. The van der Waals surface area contributed by atoms with E-state index in [1.165, 1.54) is 0 Å². The van der Waals surface area contributed by atoms with Crippen molar-refractivity contribution in [3.05, 3.63) is 54.2 Å². The van der Waals surface area contributed by atoms with Crippen LogP contribution in [0.15, 0.2) is 48.7 Å². The number of benzene rings is 1. The molecule has 2 unspecified atom stereocenters. The maximum Gasteiger partial charge on any atom is 0.409 e. The highest BCUT2D eigenvalue weighted by atomic mass is 19.1. The first-order chi connectivity index (χ1) is 17.5.